The van der Waals surface area contributed by atoms with Gasteiger partial charge in [-0.25, -0.2) is 0 Å². The molecule has 0 aromatic carbocycles. The molecule has 0 aliphatic carbocycles. The molecule has 0 atom stereocenters. The molecule has 0 aliphatic rings. The molecular weight excluding hydrogens is 138 g/mol. The number of rotatable bonds is 7. The average Bonchev–Trinajstić information content (AvgIpc) is 2.05. The molecule has 0 N–H and O–H groups in total. The van der Waals surface area contributed by atoms with E-state index in [-0.39, 0.29) is 0 Å². The van der Waals surface area contributed by atoms with Crippen LogP contribution in [0, 0.1) is 0 Å². The Morgan fingerprint density at radius 3 is 2.55 bits per heavy atom. The van der Waals surface area contributed by atoms with Gasteiger partial charge in [-0.3, -0.25) is 4.79 Å². The summed E-state index contributed by atoms with van der Waals surface area (Å²) in [6.07, 6.45) is 7.16. The molecule has 11 heavy (non-hydrogen) atoms. The van der Waals surface area contributed by atoms with Gasteiger partial charge in [0, 0.05) is 6.54 Å². The topological polar surface area (TPSA) is 20.3 Å². The Morgan fingerprint density at radius 1 is 1.36 bits per heavy atom. The van der Waals surface area contributed by atoms with Crippen molar-refractivity contribution in [1.82, 2.24) is 4.90 Å². The Bertz CT molecular complexity index is 104. The van der Waals surface area contributed by atoms with Crippen LogP contribution in [0.3, 0.4) is 0 Å². The number of hydrogen-bond acceptors (Lipinski definition) is 1. The van der Waals surface area contributed by atoms with Crippen LogP contribution >= 0.6 is 0 Å². The summed E-state index contributed by atoms with van der Waals surface area (Å²) in [6.45, 7) is 6.51. The van der Waals surface area contributed by atoms with Crippen molar-refractivity contribution in [3.05, 3.63) is 12.8 Å². The third kappa shape index (κ3) is 5.64. The zero-order valence-electron chi connectivity index (χ0n) is 7.25. The van der Waals surface area contributed by atoms with Gasteiger partial charge >= 0.3 is 0 Å². The summed E-state index contributed by atoms with van der Waals surface area (Å²) in [5.74, 6) is 0. The average molecular weight is 155 g/mol. The van der Waals surface area contributed by atoms with Crippen molar-refractivity contribution in [1.29, 1.82) is 0 Å². The molecule has 0 aromatic rings. The number of unbranched alkanes of at least 4 members (excludes halogenated alkanes) is 3. The Balaban J connectivity index is 3.21. The first-order chi connectivity index (χ1) is 5.35. The number of carbonyl (C=O) groups is 1. The minimum Gasteiger partial charge on any atom is -0.322 e. The Morgan fingerprint density at radius 2 is 2.09 bits per heavy atom. The molecule has 64 valence electrons. The normalized spacial score (nSPS) is 9.18. The second-order valence-electron chi connectivity index (χ2n) is 2.59. The first kappa shape index (κ1) is 10.2. The summed E-state index contributed by atoms with van der Waals surface area (Å²) < 4.78 is 0. The van der Waals surface area contributed by atoms with Gasteiger partial charge in [-0.2, -0.15) is 0 Å². The fourth-order valence-corrected chi connectivity index (χ4v) is 0.908. The van der Waals surface area contributed by atoms with Crippen molar-refractivity contribution in [2.45, 2.75) is 32.6 Å². The third-order valence-corrected chi connectivity index (χ3v) is 1.64. The summed E-state index contributed by atoms with van der Waals surface area (Å²) in [4.78, 5) is 11.8. The first-order valence-corrected chi connectivity index (χ1v) is 4.18. The fourth-order valence-electron chi connectivity index (χ4n) is 0.908. The van der Waals surface area contributed by atoms with Crippen molar-refractivity contribution in [3.63, 3.8) is 0 Å². The first-order valence-electron chi connectivity index (χ1n) is 4.18. The monoisotopic (exact) mass is 155 g/mol. The van der Waals surface area contributed by atoms with Crippen molar-refractivity contribution < 1.29 is 4.79 Å². The maximum Gasteiger partial charge on any atom is 0.213 e. The van der Waals surface area contributed by atoms with E-state index in [9.17, 15) is 4.79 Å². The van der Waals surface area contributed by atoms with Gasteiger partial charge in [-0.05, 0) is 12.6 Å². The largest absolute Gasteiger partial charge is 0.322 e. The van der Waals surface area contributed by atoms with Crippen LogP contribution in [0.5, 0.6) is 0 Å². The lowest BCUT2D eigenvalue weighted by Crippen LogP contribution is -2.15. The van der Waals surface area contributed by atoms with E-state index in [1.54, 1.807) is 11.1 Å². The standard InChI is InChI=1S/C9H17NO/c1-3-5-6-7-8-10(4-2)9-11/h4,9H,2-3,5-8H2,1H3. The van der Waals surface area contributed by atoms with E-state index in [1.807, 2.05) is 0 Å². The van der Waals surface area contributed by atoms with Crippen LogP contribution < -0.4 is 0 Å². The lowest BCUT2D eigenvalue weighted by atomic mass is 10.2. The van der Waals surface area contributed by atoms with Crippen molar-refractivity contribution in [3.8, 4) is 0 Å². The van der Waals surface area contributed by atoms with Crippen LogP contribution in [0.15, 0.2) is 12.8 Å². The zero-order chi connectivity index (χ0) is 8.53. The molecule has 0 saturated heterocycles. The van der Waals surface area contributed by atoms with E-state index < -0.39 is 0 Å². The van der Waals surface area contributed by atoms with Crippen LogP contribution in [0.4, 0.5) is 0 Å². The molecule has 0 fully saturated rings. The summed E-state index contributed by atoms with van der Waals surface area (Å²) in [5, 5.41) is 0. The lowest BCUT2D eigenvalue weighted by Gasteiger charge is -2.09. The second-order valence-corrected chi connectivity index (χ2v) is 2.59. The van der Waals surface area contributed by atoms with Crippen LogP contribution in [-0.4, -0.2) is 17.9 Å². The molecule has 0 unspecified atom stereocenters. The predicted molar refractivity (Wildman–Crippen MR) is 47.1 cm³/mol. The van der Waals surface area contributed by atoms with Gasteiger partial charge in [-0.1, -0.05) is 32.8 Å². The van der Waals surface area contributed by atoms with E-state index in [4.69, 9.17) is 0 Å². The van der Waals surface area contributed by atoms with Crippen LogP contribution in [-0.2, 0) is 4.79 Å². The van der Waals surface area contributed by atoms with Crippen LogP contribution in [0.2, 0.25) is 0 Å². The van der Waals surface area contributed by atoms with E-state index >= 15 is 0 Å². The molecule has 0 radical (unpaired) electrons. The molecule has 0 aliphatic heterocycles. The smallest absolute Gasteiger partial charge is 0.213 e. The molecule has 0 rings (SSSR count). The summed E-state index contributed by atoms with van der Waals surface area (Å²) >= 11 is 0. The second kappa shape index (κ2) is 7.32. The van der Waals surface area contributed by atoms with Gasteiger partial charge in [0.25, 0.3) is 0 Å². The Labute approximate surface area is 68.9 Å². The van der Waals surface area contributed by atoms with Crippen LogP contribution in [0.25, 0.3) is 0 Å². The highest BCUT2D eigenvalue weighted by Crippen LogP contribution is 1.99. The van der Waals surface area contributed by atoms with Gasteiger partial charge in [-0.15, -0.1) is 0 Å². The van der Waals surface area contributed by atoms with Crippen molar-refractivity contribution in [2.24, 2.45) is 0 Å². The maximum atomic E-state index is 10.3. The summed E-state index contributed by atoms with van der Waals surface area (Å²) in [5.41, 5.74) is 0. The van der Waals surface area contributed by atoms with Crippen molar-refractivity contribution >= 4 is 6.41 Å². The molecule has 2 nitrogen and oxygen atoms in total. The van der Waals surface area contributed by atoms with Crippen molar-refractivity contribution in [2.75, 3.05) is 6.54 Å². The van der Waals surface area contributed by atoms with Gasteiger partial charge in [0.15, 0.2) is 0 Å². The Hall–Kier alpha value is -0.790. The van der Waals surface area contributed by atoms with Crippen LogP contribution in [0.1, 0.15) is 32.6 Å². The minimum absolute atomic E-state index is 0.812. The number of hydrogen-bond donors (Lipinski definition) is 0. The zero-order valence-corrected chi connectivity index (χ0v) is 7.25. The van der Waals surface area contributed by atoms with E-state index in [2.05, 4.69) is 13.5 Å². The van der Waals surface area contributed by atoms with E-state index in [1.165, 1.54) is 19.3 Å². The molecule has 1 amide bonds. The number of amides is 1. The quantitative estimate of drug-likeness (QED) is 0.407. The molecule has 0 saturated carbocycles. The van der Waals surface area contributed by atoms with E-state index in [0.717, 1.165) is 19.4 Å². The van der Waals surface area contributed by atoms with Gasteiger partial charge in [0.1, 0.15) is 0 Å². The highest BCUT2D eigenvalue weighted by atomic mass is 16.1. The molecule has 0 bridgehead atoms. The highest BCUT2D eigenvalue weighted by Gasteiger charge is 1.93. The van der Waals surface area contributed by atoms with Gasteiger partial charge in [0.05, 0.1) is 0 Å². The summed E-state index contributed by atoms with van der Waals surface area (Å²) in [7, 11) is 0. The molecule has 0 aromatic heterocycles. The number of carbonyl (C=O) groups excluding carboxylic acids is 1. The highest BCUT2D eigenvalue weighted by molar-refractivity contribution is 5.48. The molecular formula is C9H17NO. The molecule has 0 spiro atoms. The van der Waals surface area contributed by atoms with Gasteiger partial charge in [0.2, 0.25) is 6.41 Å². The summed E-state index contributed by atoms with van der Waals surface area (Å²) in [6, 6.07) is 0. The van der Waals surface area contributed by atoms with Gasteiger partial charge < -0.3 is 4.90 Å². The lowest BCUT2D eigenvalue weighted by molar-refractivity contribution is -0.115. The maximum absolute atomic E-state index is 10.3. The van der Waals surface area contributed by atoms with E-state index in [0.29, 0.717) is 0 Å². The number of nitrogens with zero attached hydrogens (tertiary/aromatic N) is 1. The molecule has 0 heterocycles. The minimum atomic E-state index is 0.812. The third-order valence-electron chi connectivity index (χ3n) is 1.64. The SMILES string of the molecule is C=CN(C=O)CCCCCC. The fraction of sp³-hybridized carbons (Fsp3) is 0.667. The molecule has 2 heteroatoms. The Kier molecular flexibility index (Phi) is 6.79. The predicted octanol–water partition coefficient (Wildman–Crippen LogP) is 2.17.